The van der Waals surface area contributed by atoms with Gasteiger partial charge in [0.15, 0.2) is 0 Å². The number of nitrogens with one attached hydrogen (secondary N) is 2. The van der Waals surface area contributed by atoms with Gasteiger partial charge in [0.25, 0.3) is 0 Å². The highest BCUT2D eigenvalue weighted by Crippen LogP contribution is 2.17. The third kappa shape index (κ3) is 5.92. The topological polar surface area (TPSA) is 77.5 Å². The molecule has 1 fully saturated rings. The number of aromatic nitrogens is 1. The van der Waals surface area contributed by atoms with Crippen molar-refractivity contribution in [2.24, 2.45) is 0 Å². The molecule has 2 aromatic rings. The molecule has 1 unspecified atom stereocenters. The SMILES string of the molecule is O=C(NCc1ccc(N2CCCCCC2)nc1)NCC(O)c1ccc(F)cc1. The van der Waals surface area contributed by atoms with Crippen molar-refractivity contribution in [1.29, 1.82) is 0 Å². The highest BCUT2D eigenvalue weighted by molar-refractivity contribution is 5.73. The number of aliphatic hydroxyl groups is 1. The molecule has 0 bridgehead atoms. The van der Waals surface area contributed by atoms with Crippen LogP contribution in [0.1, 0.15) is 42.9 Å². The van der Waals surface area contributed by atoms with E-state index in [1.165, 1.54) is 49.9 Å². The maximum atomic E-state index is 12.9. The first-order valence-electron chi connectivity index (χ1n) is 9.77. The minimum absolute atomic E-state index is 0.0453. The average Bonchev–Trinajstić information content (AvgIpc) is 3.01. The smallest absolute Gasteiger partial charge is 0.315 e. The lowest BCUT2D eigenvalue weighted by Crippen LogP contribution is -2.37. The quantitative estimate of drug-likeness (QED) is 0.713. The number of carbonyl (C=O) groups is 1. The molecule has 1 saturated heterocycles. The second-order valence-electron chi connectivity index (χ2n) is 7.06. The predicted octanol–water partition coefficient (Wildman–Crippen LogP) is 3.13. The van der Waals surface area contributed by atoms with Gasteiger partial charge < -0.3 is 20.6 Å². The second kappa shape index (κ2) is 10.0. The van der Waals surface area contributed by atoms with Gasteiger partial charge in [-0.05, 0) is 42.2 Å². The molecular weight excluding hydrogens is 359 g/mol. The number of urea groups is 1. The standard InChI is InChI=1S/C21H27FN4O2/c22-18-8-6-17(7-9-18)19(27)15-25-21(28)24-14-16-5-10-20(23-13-16)26-11-3-1-2-4-12-26/h5-10,13,19,27H,1-4,11-12,14-15H2,(H2,24,25,28). The van der Waals surface area contributed by atoms with Crippen LogP contribution in [0.2, 0.25) is 0 Å². The van der Waals surface area contributed by atoms with Gasteiger partial charge in [-0.2, -0.15) is 0 Å². The van der Waals surface area contributed by atoms with E-state index in [0.717, 1.165) is 24.5 Å². The fourth-order valence-corrected chi connectivity index (χ4v) is 3.25. The number of benzene rings is 1. The fourth-order valence-electron chi connectivity index (χ4n) is 3.25. The summed E-state index contributed by atoms with van der Waals surface area (Å²) in [6, 6.07) is 9.15. The molecule has 1 atom stereocenters. The lowest BCUT2D eigenvalue weighted by atomic mass is 10.1. The summed E-state index contributed by atoms with van der Waals surface area (Å²) < 4.78 is 12.9. The molecule has 0 radical (unpaired) electrons. The minimum Gasteiger partial charge on any atom is -0.387 e. The minimum atomic E-state index is -0.888. The van der Waals surface area contributed by atoms with Crippen LogP contribution in [0.4, 0.5) is 15.0 Å². The van der Waals surface area contributed by atoms with Gasteiger partial charge in [0.2, 0.25) is 0 Å². The van der Waals surface area contributed by atoms with Crippen molar-refractivity contribution < 1.29 is 14.3 Å². The number of anilines is 1. The Balaban J connectivity index is 1.42. The number of halogens is 1. The summed E-state index contributed by atoms with van der Waals surface area (Å²) in [4.78, 5) is 18.8. The number of carbonyl (C=O) groups excluding carboxylic acids is 1. The van der Waals surface area contributed by atoms with Crippen LogP contribution in [0.5, 0.6) is 0 Å². The number of aliphatic hydroxyl groups excluding tert-OH is 1. The summed E-state index contributed by atoms with van der Waals surface area (Å²) in [6.07, 6.45) is 5.87. The molecule has 0 aliphatic carbocycles. The lowest BCUT2D eigenvalue weighted by molar-refractivity contribution is 0.173. The van der Waals surface area contributed by atoms with E-state index < -0.39 is 6.10 Å². The van der Waals surface area contributed by atoms with Gasteiger partial charge in [-0.1, -0.05) is 31.0 Å². The summed E-state index contributed by atoms with van der Waals surface area (Å²) in [5.41, 5.74) is 1.46. The number of nitrogens with zero attached hydrogens (tertiary/aromatic N) is 2. The van der Waals surface area contributed by atoms with Crippen molar-refractivity contribution in [2.75, 3.05) is 24.5 Å². The molecule has 1 aliphatic heterocycles. The van der Waals surface area contributed by atoms with Crippen LogP contribution in [0, 0.1) is 5.82 Å². The molecule has 0 spiro atoms. The zero-order chi connectivity index (χ0) is 19.8. The normalized spacial score (nSPS) is 15.6. The van der Waals surface area contributed by atoms with E-state index in [1.54, 1.807) is 6.20 Å². The summed E-state index contributed by atoms with van der Waals surface area (Å²) in [5, 5.41) is 15.4. The molecule has 7 heteroatoms. The maximum absolute atomic E-state index is 12.9. The van der Waals surface area contributed by atoms with Gasteiger partial charge in [-0.15, -0.1) is 0 Å². The molecule has 28 heavy (non-hydrogen) atoms. The Morgan fingerprint density at radius 1 is 1.07 bits per heavy atom. The predicted molar refractivity (Wildman–Crippen MR) is 107 cm³/mol. The Morgan fingerprint density at radius 2 is 1.79 bits per heavy atom. The Morgan fingerprint density at radius 3 is 2.43 bits per heavy atom. The van der Waals surface area contributed by atoms with Crippen molar-refractivity contribution >= 4 is 11.8 Å². The zero-order valence-electron chi connectivity index (χ0n) is 15.9. The highest BCUT2D eigenvalue weighted by Gasteiger charge is 2.12. The van der Waals surface area contributed by atoms with Crippen molar-refractivity contribution in [2.45, 2.75) is 38.3 Å². The average molecular weight is 386 g/mol. The van der Waals surface area contributed by atoms with Gasteiger partial charge >= 0.3 is 6.03 Å². The van der Waals surface area contributed by atoms with Gasteiger partial charge in [0.05, 0.1) is 6.10 Å². The molecule has 2 heterocycles. The number of rotatable bonds is 6. The van der Waals surface area contributed by atoms with E-state index in [9.17, 15) is 14.3 Å². The number of hydrogen-bond acceptors (Lipinski definition) is 4. The van der Waals surface area contributed by atoms with Crippen LogP contribution >= 0.6 is 0 Å². The molecule has 150 valence electrons. The summed E-state index contributed by atoms with van der Waals surface area (Å²) in [7, 11) is 0. The fraction of sp³-hybridized carbons (Fsp3) is 0.429. The molecular formula is C21H27FN4O2. The Hall–Kier alpha value is -2.67. The van der Waals surface area contributed by atoms with Crippen LogP contribution in [0.25, 0.3) is 0 Å². The third-order valence-electron chi connectivity index (χ3n) is 4.90. The van der Waals surface area contributed by atoms with Crippen molar-refractivity contribution in [1.82, 2.24) is 15.6 Å². The van der Waals surface area contributed by atoms with Crippen molar-refractivity contribution in [3.8, 4) is 0 Å². The van der Waals surface area contributed by atoms with Crippen molar-refractivity contribution in [3.05, 3.63) is 59.5 Å². The molecule has 1 aromatic heterocycles. The van der Waals surface area contributed by atoms with Crippen LogP contribution < -0.4 is 15.5 Å². The second-order valence-corrected chi connectivity index (χ2v) is 7.06. The van der Waals surface area contributed by atoms with Crippen LogP contribution in [0.3, 0.4) is 0 Å². The molecule has 2 amide bonds. The van der Waals surface area contributed by atoms with Gasteiger partial charge in [0, 0.05) is 32.4 Å². The Kier molecular flexibility index (Phi) is 7.19. The Bertz CT molecular complexity index is 744. The number of amides is 2. The summed E-state index contributed by atoms with van der Waals surface area (Å²) in [6.45, 7) is 2.49. The molecule has 1 aromatic carbocycles. The van der Waals surface area contributed by atoms with E-state index in [1.807, 2.05) is 12.1 Å². The highest BCUT2D eigenvalue weighted by atomic mass is 19.1. The third-order valence-corrected chi connectivity index (χ3v) is 4.90. The van der Waals surface area contributed by atoms with Crippen LogP contribution in [-0.2, 0) is 6.54 Å². The van der Waals surface area contributed by atoms with E-state index >= 15 is 0 Å². The molecule has 3 N–H and O–H groups in total. The van der Waals surface area contributed by atoms with E-state index in [2.05, 4.69) is 20.5 Å². The van der Waals surface area contributed by atoms with Crippen LogP contribution in [0.15, 0.2) is 42.6 Å². The first kappa shape index (κ1) is 20.1. The van der Waals surface area contributed by atoms with Gasteiger partial charge in [-0.3, -0.25) is 0 Å². The first-order valence-corrected chi connectivity index (χ1v) is 9.77. The lowest BCUT2D eigenvalue weighted by Gasteiger charge is -2.21. The van der Waals surface area contributed by atoms with E-state index in [0.29, 0.717) is 12.1 Å². The summed E-state index contributed by atoms with van der Waals surface area (Å²) in [5.74, 6) is 0.620. The zero-order valence-corrected chi connectivity index (χ0v) is 15.9. The van der Waals surface area contributed by atoms with Crippen molar-refractivity contribution in [3.63, 3.8) is 0 Å². The summed E-state index contributed by atoms with van der Waals surface area (Å²) >= 11 is 0. The molecule has 3 rings (SSSR count). The van der Waals surface area contributed by atoms with Gasteiger partial charge in [0.1, 0.15) is 11.6 Å². The largest absolute Gasteiger partial charge is 0.387 e. The first-order chi connectivity index (χ1) is 13.6. The monoisotopic (exact) mass is 386 g/mol. The molecule has 0 saturated carbocycles. The molecule has 1 aliphatic rings. The maximum Gasteiger partial charge on any atom is 0.315 e. The molecule has 6 nitrogen and oxygen atoms in total. The van der Waals surface area contributed by atoms with Gasteiger partial charge in [-0.25, -0.2) is 14.2 Å². The van der Waals surface area contributed by atoms with E-state index in [4.69, 9.17) is 0 Å². The number of pyridine rings is 1. The van der Waals surface area contributed by atoms with Crippen LogP contribution in [-0.4, -0.2) is 35.8 Å². The number of hydrogen-bond donors (Lipinski definition) is 3. The Labute approximate surface area is 164 Å². The van der Waals surface area contributed by atoms with E-state index in [-0.39, 0.29) is 18.4 Å².